The van der Waals surface area contributed by atoms with E-state index in [-0.39, 0.29) is 11.5 Å². The number of phenolic OH excluding ortho intramolecular Hbond substituents is 2. The van der Waals surface area contributed by atoms with Gasteiger partial charge in [-0.1, -0.05) is 6.07 Å². The van der Waals surface area contributed by atoms with Crippen LogP contribution in [-0.2, 0) is 6.42 Å². The van der Waals surface area contributed by atoms with E-state index in [2.05, 4.69) is 0 Å². The van der Waals surface area contributed by atoms with E-state index in [9.17, 15) is 15.3 Å². The summed E-state index contributed by atoms with van der Waals surface area (Å²) in [7, 11) is 3.10. The molecule has 0 fully saturated rings. The fourth-order valence-corrected chi connectivity index (χ4v) is 2.74. The van der Waals surface area contributed by atoms with Crippen LogP contribution in [0.15, 0.2) is 30.3 Å². The largest absolute Gasteiger partial charge is 0.504 e. The van der Waals surface area contributed by atoms with E-state index in [1.54, 1.807) is 32.4 Å². The number of aromatic hydroxyl groups is 2. The Morgan fingerprint density at radius 3 is 2.48 bits per heavy atom. The molecule has 1 aliphatic heterocycles. The van der Waals surface area contributed by atoms with Crippen molar-refractivity contribution in [3.05, 3.63) is 41.5 Å². The van der Waals surface area contributed by atoms with Gasteiger partial charge in [0.1, 0.15) is 23.4 Å². The van der Waals surface area contributed by atoms with Crippen molar-refractivity contribution in [3.63, 3.8) is 0 Å². The van der Waals surface area contributed by atoms with Gasteiger partial charge in [-0.25, -0.2) is 0 Å². The second-order valence-electron chi connectivity index (χ2n) is 5.36. The molecular weight excluding hydrogens is 300 g/mol. The lowest BCUT2D eigenvalue weighted by Crippen LogP contribution is -2.30. The van der Waals surface area contributed by atoms with E-state index in [1.165, 1.54) is 12.1 Å². The van der Waals surface area contributed by atoms with Crippen molar-refractivity contribution in [2.75, 3.05) is 14.2 Å². The Balaban J connectivity index is 2.00. The number of ether oxygens (including phenoxy) is 3. The summed E-state index contributed by atoms with van der Waals surface area (Å²) >= 11 is 0. The first-order valence-electron chi connectivity index (χ1n) is 7.15. The van der Waals surface area contributed by atoms with Gasteiger partial charge in [0.15, 0.2) is 11.5 Å². The topological polar surface area (TPSA) is 88.4 Å². The molecule has 3 rings (SSSR count). The van der Waals surface area contributed by atoms with Crippen LogP contribution < -0.4 is 14.2 Å². The Morgan fingerprint density at radius 1 is 1.04 bits per heavy atom. The van der Waals surface area contributed by atoms with Gasteiger partial charge in [0.05, 0.1) is 20.3 Å². The minimum absolute atomic E-state index is 0.220. The summed E-state index contributed by atoms with van der Waals surface area (Å²) in [4.78, 5) is 0. The molecule has 0 bridgehead atoms. The fourth-order valence-electron chi connectivity index (χ4n) is 2.74. The maximum Gasteiger partial charge on any atom is 0.157 e. The Kier molecular flexibility index (Phi) is 3.92. The highest BCUT2D eigenvalue weighted by Gasteiger charge is 2.32. The number of aliphatic hydroxyl groups excluding tert-OH is 1. The molecule has 0 saturated heterocycles. The van der Waals surface area contributed by atoms with Crippen molar-refractivity contribution < 1.29 is 29.5 Å². The molecule has 0 spiro atoms. The van der Waals surface area contributed by atoms with Crippen LogP contribution in [0, 0.1) is 0 Å². The van der Waals surface area contributed by atoms with Gasteiger partial charge in [0, 0.05) is 24.1 Å². The standard InChI is InChI=1S/C17H18O6/c1-21-10-6-15(22-2)11-8-14(20)17(23-16(11)7-10)9-3-4-12(18)13(19)5-9/h3-7,14,17-20H,8H2,1-2H3/t14-,17-/m1/s1. The van der Waals surface area contributed by atoms with Gasteiger partial charge in [-0.15, -0.1) is 0 Å². The molecule has 0 aliphatic carbocycles. The Hall–Kier alpha value is -2.60. The molecule has 6 nitrogen and oxygen atoms in total. The third kappa shape index (κ3) is 2.73. The maximum absolute atomic E-state index is 10.4. The van der Waals surface area contributed by atoms with Crippen molar-refractivity contribution in [1.82, 2.24) is 0 Å². The number of phenols is 2. The van der Waals surface area contributed by atoms with Crippen LogP contribution in [0.3, 0.4) is 0 Å². The number of hydrogen-bond acceptors (Lipinski definition) is 6. The summed E-state index contributed by atoms with van der Waals surface area (Å²) in [5.41, 5.74) is 1.33. The highest BCUT2D eigenvalue weighted by molar-refractivity contribution is 5.53. The van der Waals surface area contributed by atoms with Crippen LogP contribution in [0.4, 0.5) is 0 Å². The SMILES string of the molecule is COc1cc(OC)c2c(c1)O[C@H](c1ccc(O)c(O)c1)[C@H](O)C2. The predicted molar refractivity (Wildman–Crippen MR) is 82.4 cm³/mol. The summed E-state index contributed by atoms with van der Waals surface area (Å²) in [5, 5.41) is 29.5. The molecule has 23 heavy (non-hydrogen) atoms. The molecule has 1 aliphatic rings. The molecule has 3 N–H and O–H groups in total. The van der Waals surface area contributed by atoms with Crippen molar-refractivity contribution in [2.24, 2.45) is 0 Å². The predicted octanol–water partition coefficient (Wildman–Crippen LogP) is 2.15. The number of hydrogen-bond donors (Lipinski definition) is 3. The molecule has 0 unspecified atom stereocenters. The summed E-state index contributed by atoms with van der Waals surface area (Å²) in [6.07, 6.45) is -1.13. The number of benzene rings is 2. The molecule has 2 aromatic carbocycles. The van der Waals surface area contributed by atoms with Crippen molar-refractivity contribution in [2.45, 2.75) is 18.6 Å². The first-order chi connectivity index (χ1) is 11.0. The van der Waals surface area contributed by atoms with Crippen LogP contribution in [0.1, 0.15) is 17.2 Å². The van der Waals surface area contributed by atoms with E-state index in [4.69, 9.17) is 14.2 Å². The van der Waals surface area contributed by atoms with Crippen molar-refractivity contribution >= 4 is 0 Å². The van der Waals surface area contributed by atoms with Crippen LogP contribution in [0.5, 0.6) is 28.7 Å². The molecule has 1 heterocycles. The van der Waals surface area contributed by atoms with E-state index in [0.717, 1.165) is 5.56 Å². The Labute approximate surface area is 133 Å². The third-order valence-electron chi connectivity index (χ3n) is 3.94. The van der Waals surface area contributed by atoms with Gasteiger partial charge in [-0.3, -0.25) is 0 Å². The highest BCUT2D eigenvalue weighted by Crippen LogP contribution is 2.43. The van der Waals surface area contributed by atoms with E-state index < -0.39 is 12.2 Å². The average molecular weight is 318 g/mol. The molecule has 6 heteroatoms. The number of fused-ring (bicyclic) bond motifs is 1. The molecule has 2 aromatic rings. The Bertz CT molecular complexity index is 727. The van der Waals surface area contributed by atoms with Gasteiger partial charge in [0.2, 0.25) is 0 Å². The zero-order valence-corrected chi connectivity index (χ0v) is 12.8. The molecule has 0 aromatic heterocycles. The van der Waals surface area contributed by atoms with E-state index in [1.807, 2.05) is 0 Å². The van der Waals surface area contributed by atoms with Crippen molar-refractivity contribution in [1.29, 1.82) is 0 Å². The lowest BCUT2D eigenvalue weighted by atomic mass is 9.94. The van der Waals surface area contributed by atoms with Gasteiger partial charge in [-0.2, -0.15) is 0 Å². The summed E-state index contributed by atoms with van der Waals surface area (Å²) < 4.78 is 16.5. The quantitative estimate of drug-likeness (QED) is 0.752. The number of rotatable bonds is 3. The van der Waals surface area contributed by atoms with Gasteiger partial charge in [-0.05, 0) is 17.7 Å². The summed E-state index contributed by atoms with van der Waals surface area (Å²) in [5.74, 6) is 1.26. The molecular formula is C17H18O6. The van der Waals surface area contributed by atoms with E-state index >= 15 is 0 Å². The average Bonchev–Trinajstić information content (AvgIpc) is 2.56. The van der Waals surface area contributed by atoms with E-state index in [0.29, 0.717) is 29.2 Å². The maximum atomic E-state index is 10.4. The van der Waals surface area contributed by atoms with Crippen LogP contribution in [0.25, 0.3) is 0 Å². The number of aliphatic hydroxyl groups is 1. The van der Waals surface area contributed by atoms with Crippen LogP contribution >= 0.6 is 0 Å². The van der Waals surface area contributed by atoms with Crippen LogP contribution in [0.2, 0.25) is 0 Å². The Morgan fingerprint density at radius 2 is 1.83 bits per heavy atom. The van der Waals surface area contributed by atoms with Gasteiger partial charge < -0.3 is 29.5 Å². The smallest absolute Gasteiger partial charge is 0.157 e. The first kappa shape index (κ1) is 15.3. The normalized spacial score (nSPS) is 19.6. The molecule has 0 radical (unpaired) electrons. The van der Waals surface area contributed by atoms with Gasteiger partial charge in [0.25, 0.3) is 0 Å². The lowest BCUT2D eigenvalue weighted by Gasteiger charge is -2.32. The third-order valence-corrected chi connectivity index (χ3v) is 3.94. The molecule has 0 saturated carbocycles. The first-order valence-corrected chi connectivity index (χ1v) is 7.15. The monoisotopic (exact) mass is 318 g/mol. The fraction of sp³-hybridized carbons (Fsp3) is 0.294. The molecule has 2 atom stereocenters. The second kappa shape index (κ2) is 5.89. The van der Waals surface area contributed by atoms with Gasteiger partial charge >= 0.3 is 0 Å². The number of methoxy groups -OCH3 is 2. The summed E-state index contributed by atoms with van der Waals surface area (Å²) in [6, 6.07) is 7.82. The zero-order valence-electron chi connectivity index (χ0n) is 12.8. The minimum Gasteiger partial charge on any atom is -0.504 e. The summed E-state index contributed by atoms with van der Waals surface area (Å²) in [6.45, 7) is 0. The second-order valence-corrected chi connectivity index (χ2v) is 5.36. The zero-order chi connectivity index (χ0) is 16.6. The molecule has 0 amide bonds. The lowest BCUT2D eigenvalue weighted by molar-refractivity contribution is 0.0197. The highest BCUT2D eigenvalue weighted by atomic mass is 16.5. The van der Waals surface area contributed by atoms with Crippen molar-refractivity contribution in [3.8, 4) is 28.7 Å². The molecule has 122 valence electrons. The minimum atomic E-state index is -0.811. The van der Waals surface area contributed by atoms with Crippen LogP contribution in [-0.4, -0.2) is 35.6 Å².